The van der Waals surface area contributed by atoms with Crippen molar-refractivity contribution in [3.8, 4) is 0 Å². The van der Waals surface area contributed by atoms with Crippen LogP contribution in [0.2, 0.25) is 0 Å². The number of fused-ring (bicyclic) bond motifs is 2. The first kappa shape index (κ1) is 19.8. The molecule has 2 aromatic rings. The Labute approximate surface area is 160 Å². The topological polar surface area (TPSA) is 56.0 Å². The van der Waals surface area contributed by atoms with E-state index in [0.717, 1.165) is 11.1 Å². The lowest BCUT2D eigenvalue weighted by Gasteiger charge is -2.36. The van der Waals surface area contributed by atoms with Crippen LogP contribution in [-0.4, -0.2) is 25.4 Å². The fraction of sp³-hybridized carbons (Fsp3) is 0.588. The van der Waals surface area contributed by atoms with Crippen molar-refractivity contribution in [2.75, 3.05) is 4.90 Å². The van der Waals surface area contributed by atoms with E-state index in [1.807, 2.05) is 0 Å². The molecule has 0 amide bonds. The van der Waals surface area contributed by atoms with Crippen LogP contribution in [0, 0.1) is 5.92 Å². The van der Waals surface area contributed by atoms with Crippen LogP contribution in [-0.2, 0) is 26.4 Å². The number of rotatable bonds is 2. The van der Waals surface area contributed by atoms with Gasteiger partial charge in [0.2, 0.25) is 0 Å². The Hall–Kier alpha value is -2.53. The van der Waals surface area contributed by atoms with Crippen molar-refractivity contribution in [2.24, 2.45) is 20.0 Å². The number of hydrogen-bond donors (Lipinski definition) is 0. The van der Waals surface area contributed by atoms with Crippen molar-refractivity contribution < 1.29 is 26.3 Å². The first-order valence-corrected chi connectivity index (χ1v) is 8.92. The van der Waals surface area contributed by atoms with Crippen molar-refractivity contribution >= 4 is 5.82 Å². The van der Waals surface area contributed by atoms with E-state index in [9.17, 15) is 31.1 Å². The van der Waals surface area contributed by atoms with E-state index >= 15 is 0 Å². The molecule has 2 bridgehead atoms. The van der Waals surface area contributed by atoms with Gasteiger partial charge in [0.1, 0.15) is 11.5 Å². The Balaban J connectivity index is 1.88. The van der Waals surface area contributed by atoms with Gasteiger partial charge in [0.05, 0.1) is 11.6 Å². The highest BCUT2D eigenvalue weighted by molar-refractivity contribution is 5.49. The molecule has 4 rings (SSSR count). The number of pyridine rings is 1. The highest BCUT2D eigenvalue weighted by Crippen LogP contribution is 2.52. The Morgan fingerprint density at radius 3 is 2.28 bits per heavy atom. The molecule has 6 nitrogen and oxygen atoms in total. The molecule has 0 N–H and O–H groups in total. The molecule has 3 heterocycles. The van der Waals surface area contributed by atoms with Gasteiger partial charge in [-0.05, 0) is 37.3 Å². The van der Waals surface area contributed by atoms with Gasteiger partial charge >= 0.3 is 18.0 Å². The van der Waals surface area contributed by atoms with Crippen LogP contribution in [0.25, 0.3) is 0 Å². The van der Waals surface area contributed by atoms with Gasteiger partial charge in [-0.1, -0.05) is 0 Å². The summed E-state index contributed by atoms with van der Waals surface area (Å²) >= 11 is 0. The summed E-state index contributed by atoms with van der Waals surface area (Å²) in [5.41, 5.74) is -3.43. The molecule has 2 aliphatic rings. The second kappa shape index (κ2) is 6.23. The van der Waals surface area contributed by atoms with Crippen LogP contribution in [0.1, 0.15) is 42.4 Å². The fourth-order valence-electron chi connectivity index (χ4n) is 4.44. The quantitative estimate of drug-likeness (QED) is 0.699. The van der Waals surface area contributed by atoms with Gasteiger partial charge in [0.15, 0.2) is 5.82 Å². The molecular formula is C17H17F6N5O. The normalized spacial score (nSPS) is 24.6. The smallest absolute Gasteiger partial charge is 0.343 e. The van der Waals surface area contributed by atoms with Gasteiger partial charge in [-0.2, -0.15) is 31.4 Å². The lowest BCUT2D eigenvalue weighted by Crippen LogP contribution is -2.38. The summed E-state index contributed by atoms with van der Waals surface area (Å²) < 4.78 is 81.9. The summed E-state index contributed by atoms with van der Waals surface area (Å²) in [6, 6.07) is -0.225. The van der Waals surface area contributed by atoms with Crippen molar-refractivity contribution in [1.82, 2.24) is 19.3 Å². The standard InChI is InChI=1S/C17H17F6N5O/c1-26-14(25-27(2)15(26)29)13-8-3-4-10(5-8)28(13)12-7-9(16(18,19)20)6-11(24-12)17(21,22)23/h6-8,10,13H,3-5H2,1-2H3/t8-,10+,13-/m0/s1. The van der Waals surface area contributed by atoms with Crippen molar-refractivity contribution in [3.05, 3.63) is 39.7 Å². The number of nitrogens with zero attached hydrogens (tertiary/aromatic N) is 5. The SMILES string of the molecule is Cn1nc([C@@H]2[C@H]3CC[C@H](C3)N2c2cc(C(F)(F)F)cc(C(F)(F)F)n2)n(C)c1=O. The van der Waals surface area contributed by atoms with Crippen LogP contribution in [0.4, 0.5) is 32.2 Å². The average molecular weight is 421 g/mol. The molecule has 2 aromatic heterocycles. The van der Waals surface area contributed by atoms with E-state index in [-0.39, 0.29) is 18.0 Å². The molecule has 2 fully saturated rings. The molecule has 1 saturated heterocycles. The zero-order valence-corrected chi connectivity index (χ0v) is 15.4. The van der Waals surface area contributed by atoms with Crippen LogP contribution in [0.15, 0.2) is 16.9 Å². The van der Waals surface area contributed by atoms with E-state index in [2.05, 4.69) is 10.1 Å². The number of aromatic nitrogens is 4. The maximum absolute atomic E-state index is 13.3. The van der Waals surface area contributed by atoms with E-state index < -0.39 is 41.2 Å². The Morgan fingerprint density at radius 1 is 1.03 bits per heavy atom. The highest BCUT2D eigenvalue weighted by Gasteiger charge is 2.50. The summed E-state index contributed by atoms with van der Waals surface area (Å²) in [6.07, 6.45) is -8.01. The monoisotopic (exact) mass is 421 g/mol. The van der Waals surface area contributed by atoms with E-state index in [1.165, 1.54) is 23.6 Å². The predicted octanol–water partition coefficient (Wildman–Crippen LogP) is 3.28. The van der Waals surface area contributed by atoms with Crippen LogP contribution < -0.4 is 10.6 Å². The van der Waals surface area contributed by atoms with Crippen molar-refractivity contribution in [3.63, 3.8) is 0 Å². The minimum Gasteiger partial charge on any atom is -0.343 e. The van der Waals surface area contributed by atoms with E-state index in [1.54, 1.807) is 0 Å². The Bertz CT molecular complexity index is 975. The molecule has 0 radical (unpaired) electrons. The zero-order chi connectivity index (χ0) is 21.3. The van der Waals surface area contributed by atoms with E-state index in [0.29, 0.717) is 24.7 Å². The molecule has 0 unspecified atom stereocenters. The third-order valence-corrected chi connectivity index (χ3v) is 5.70. The average Bonchev–Trinajstić information content (AvgIpc) is 3.30. The van der Waals surface area contributed by atoms with Gasteiger partial charge in [0.25, 0.3) is 0 Å². The zero-order valence-electron chi connectivity index (χ0n) is 15.4. The predicted molar refractivity (Wildman–Crippen MR) is 89.0 cm³/mol. The molecule has 1 saturated carbocycles. The summed E-state index contributed by atoms with van der Waals surface area (Å²) in [6.45, 7) is 0. The number of alkyl halides is 6. The summed E-state index contributed by atoms with van der Waals surface area (Å²) in [4.78, 5) is 17.1. The van der Waals surface area contributed by atoms with Gasteiger partial charge in [-0.15, -0.1) is 0 Å². The first-order valence-electron chi connectivity index (χ1n) is 8.92. The second-order valence-corrected chi connectivity index (χ2v) is 7.50. The number of hydrogen-bond acceptors (Lipinski definition) is 4. The third-order valence-electron chi connectivity index (χ3n) is 5.70. The van der Waals surface area contributed by atoms with Crippen LogP contribution >= 0.6 is 0 Å². The van der Waals surface area contributed by atoms with Crippen LogP contribution in [0.5, 0.6) is 0 Å². The van der Waals surface area contributed by atoms with E-state index in [4.69, 9.17) is 0 Å². The maximum Gasteiger partial charge on any atom is 0.433 e. The fourth-order valence-corrected chi connectivity index (χ4v) is 4.44. The van der Waals surface area contributed by atoms with Gasteiger partial charge in [0, 0.05) is 20.1 Å². The van der Waals surface area contributed by atoms with Crippen LogP contribution in [0.3, 0.4) is 0 Å². The molecule has 0 aromatic carbocycles. The summed E-state index contributed by atoms with van der Waals surface area (Å²) in [7, 11) is 2.92. The molecule has 158 valence electrons. The molecule has 12 heteroatoms. The van der Waals surface area contributed by atoms with Gasteiger partial charge < -0.3 is 4.90 Å². The number of piperidine rings is 1. The molecule has 1 aliphatic heterocycles. The number of anilines is 1. The molecular weight excluding hydrogens is 404 g/mol. The third kappa shape index (κ3) is 3.18. The summed E-state index contributed by atoms with van der Waals surface area (Å²) in [5.74, 6) is -0.133. The van der Waals surface area contributed by atoms with Crippen molar-refractivity contribution in [1.29, 1.82) is 0 Å². The minimum atomic E-state index is -5.03. The molecule has 29 heavy (non-hydrogen) atoms. The van der Waals surface area contributed by atoms with Gasteiger partial charge in [-0.3, -0.25) is 4.57 Å². The lowest BCUT2D eigenvalue weighted by molar-refractivity contribution is -0.145. The Kier molecular flexibility index (Phi) is 4.25. The maximum atomic E-state index is 13.3. The number of halogens is 6. The number of aryl methyl sites for hydroxylation is 1. The largest absolute Gasteiger partial charge is 0.433 e. The minimum absolute atomic E-state index is 0.0172. The lowest BCUT2D eigenvalue weighted by atomic mass is 9.97. The second-order valence-electron chi connectivity index (χ2n) is 7.50. The molecule has 3 atom stereocenters. The van der Waals surface area contributed by atoms with Crippen molar-refractivity contribution in [2.45, 2.75) is 43.7 Å². The first-order chi connectivity index (χ1) is 13.4. The highest BCUT2D eigenvalue weighted by atomic mass is 19.4. The van der Waals surface area contributed by atoms with Gasteiger partial charge in [-0.25, -0.2) is 14.5 Å². The Morgan fingerprint density at radius 2 is 1.72 bits per heavy atom. The molecule has 0 spiro atoms. The molecule has 1 aliphatic carbocycles. The summed E-state index contributed by atoms with van der Waals surface area (Å²) in [5, 5.41) is 4.18.